The molecule has 0 saturated heterocycles. The van der Waals surface area contributed by atoms with Gasteiger partial charge in [-0.05, 0) is 89.2 Å². The van der Waals surface area contributed by atoms with Crippen LogP contribution in [0.3, 0.4) is 0 Å². The molecule has 6 nitrogen and oxygen atoms in total. The third-order valence-corrected chi connectivity index (χ3v) is 9.29. The van der Waals surface area contributed by atoms with Crippen molar-refractivity contribution in [3.8, 4) is 22.9 Å². The number of esters is 1. The van der Waals surface area contributed by atoms with Gasteiger partial charge in [0.15, 0.2) is 0 Å². The number of hydrogen-bond acceptors (Lipinski definition) is 6. The van der Waals surface area contributed by atoms with Gasteiger partial charge in [0.05, 0.1) is 24.7 Å². The second-order valence-corrected chi connectivity index (χ2v) is 12.2. The fourth-order valence-electron chi connectivity index (χ4n) is 6.53. The molecule has 1 heterocycles. The van der Waals surface area contributed by atoms with Crippen molar-refractivity contribution in [3.63, 3.8) is 0 Å². The number of nitriles is 1. The van der Waals surface area contributed by atoms with E-state index in [1.54, 1.807) is 42.5 Å². The van der Waals surface area contributed by atoms with Gasteiger partial charge in [-0.1, -0.05) is 52.8 Å². The van der Waals surface area contributed by atoms with Crippen LogP contribution in [0.15, 0.2) is 65.1 Å². The topological polar surface area (TPSA) is 98.5 Å². The summed E-state index contributed by atoms with van der Waals surface area (Å²) in [6.45, 7) is 11.4. The zero-order valence-electron chi connectivity index (χ0n) is 27.0. The van der Waals surface area contributed by atoms with E-state index < -0.39 is 17.9 Å². The first-order valence-electron chi connectivity index (χ1n) is 15.6. The second-order valence-electron chi connectivity index (χ2n) is 12.2. The molecule has 1 atom stereocenters. The molecule has 2 N–H and O–H groups in total. The van der Waals surface area contributed by atoms with Gasteiger partial charge in [0.25, 0.3) is 0 Å². The van der Waals surface area contributed by atoms with Crippen molar-refractivity contribution >= 4 is 16.9 Å². The van der Waals surface area contributed by atoms with Crippen LogP contribution >= 0.6 is 0 Å². The molecule has 0 fully saturated rings. The van der Waals surface area contributed by atoms with E-state index in [9.17, 15) is 23.2 Å². The molecule has 1 unspecified atom stereocenters. The lowest BCUT2D eigenvalue weighted by molar-refractivity contribution is -0.152. The number of halogens is 3. The number of hydrogen-bond donors (Lipinski definition) is 1. The van der Waals surface area contributed by atoms with Crippen LogP contribution in [0.2, 0.25) is 0 Å². The Kier molecular flexibility index (Phi) is 10.8. The largest absolute Gasteiger partial charge is 0.489 e. The lowest BCUT2D eigenvalue weighted by Crippen LogP contribution is -2.36. The molecule has 0 aliphatic rings. The normalized spacial score (nSPS) is 12.7. The fourth-order valence-corrected chi connectivity index (χ4v) is 6.53. The van der Waals surface area contributed by atoms with E-state index in [1.165, 1.54) is 0 Å². The monoisotopic (exact) mass is 634 g/mol. The molecule has 4 aromatic rings. The van der Waals surface area contributed by atoms with E-state index in [1.807, 2.05) is 12.1 Å². The van der Waals surface area contributed by atoms with Gasteiger partial charge in [0, 0.05) is 23.1 Å². The molecular weight excluding hydrogens is 593 g/mol. The van der Waals surface area contributed by atoms with Crippen LogP contribution in [0.25, 0.3) is 22.1 Å². The lowest BCUT2D eigenvalue weighted by atomic mass is 9.65. The Morgan fingerprint density at radius 1 is 1.00 bits per heavy atom. The smallest absolute Gasteiger partial charge is 0.449 e. The third-order valence-electron chi connectivity index (χ3n) is 9.29. The number of benzene rings is 3. The van der Waals surface area contributed by atoms with Crippen molar-refractivity contribution in [3.05, 3.63) is 88.7 Å². The first kappa shape index (κ1) is 34.6. The summed E-state index contributed by atoms with van der Waals surface area (Å²) in [7, 11) is 0. The van der Waals surface area contributed by atoms with Gasteiger partial charge in [-0.3, -0.25) is 4.79 Å². The van der Waals surface area contributed by atoms with Crippen molar-refractivity contribution in [2.75, 3.05) is 6.61 Å². The first-order chi connectivity index (χ1) is 21.8. The Morgan fingerprint density at radius 2 is 1.74 bits per heavy atom. The molecule has 3 aromatic carbocycles. The van der Waals surface area contributed by atoms with Crippen molar-refractivity contribution < 1.29 is 31.9 Å². The predicted octanol–water partition coefficient (Wildman–Crippen LogP) is 9.21. The SMILES string of the molecule is CCC(CC)(C(C)C)C(C)COC(=O)Cc1cc(C#N)ccc1OCc1cc(-c2cccc(CN)c2)c2oc(C(F)(F)F)cc2c1. The Labute approximate surface area is 268 Å². The summed E-state index contributed by atoms with van der Waals surface area (Å²) in [5.74, 6) is -0.573. The minimum atomic E-state index is -4.65. The quantitative estimate of drug-likeness (QED) is 0.147. The van der Waals surface area contributed by atoms with Crippen LogP contribution in [0.1, 0.15) is 75.5 Å². The maximum Gasteiger partial charge on any atom is 0.449 e. The van der Waals surface area contributed by atoms with Crippen LogP contribution in [-0.2, 0) is 35.3 Å². The van der Waals surface area contributed by atoms with Gasteiger partial charge in [-0.25, -0.2) is 0 Å². The van der Waals surface area contributed by atoms with Gasteiger partial charge in [0.2, 0.25) is 5.76 Å². The van der Waals surface area contributed by atoms with Gasteiger partial charge in [-0.2, -0.15) is 18.4 Å². The molecule has 0 bridgehead atoms. The van der Waals surface area contributed by atoms with Crippen molar-refractivity contribution in [2.24, 2.45) is 23.0 Å². The minimum Gasteiger partial charge on any atom is -0.489 e. The third kappa shape index (κ3) is 7.56. The van der Waals surface area contributed by atoms with Gasteiger partial charge < -0.3 is 19.6 Å². The van der Waals surface area contributed by atoms with Gasteiger partial charge >= 0.3 is 12.1 Å². The summed E-state index contributed by atoms with van der Waals surface area (Å²) < 4.78 is 58.0. The van der Waals surface area contributed by atoms with Crippen LogP contribution in [0.4, 0.5) is 13.2 Å². The molecular formula is C37H41F3N2O4. The van der Waals surface area contributed by atoms with Crippen LogP contribution in [0.5, 0.6) is 5.75 Å². The molecule has 0 aliphatic heterocycles. The molecule has 244 valence electrons. The maximum atomic E-state index is 13.6. The fraction of sp³-hybridized carbons (Fsp3) is 0.405. The number of nitrogens with two attached hydrogens (primary N) is 1. The molecule has 0 saturated carbocycles. The summed E-state index contributed by atoms with van der Waals surface area (Å²) in [6.07, 6.45) is -2.80. The van der Waals surface area contributed by atoms with Crippen molar-refractivity contribution in [2.45, 2.75) is 73.2 Å². The number of rotatable bonds is 13. The van der Waals surface area contributed by atoms with E-state index >= 15 is 0 Å². The highest BCUT2D eigenvalue weighted by Crippen LogP contribution is 2.43. The Morgan fingerprint density at radius 3 is 2.37 bits per heavy atom. The summed E-state index contributed by atoms with van der Waals surface area (Å²) in [6, 6.07) is 18.4. The molecule has 0 radical (unpaired) electrons. The second kappa shape index (κ2) is 14.4. The number of carbonyl (C=O) groups excluding carboxylic acids is 1. The van der Waals surface area contributed by atoms with Gasteiger partial charge in [0.1, 0.15) is 17.9 Å². The van der Waals surface area contributed by atoms with Crippen LogP contribution in [0, 0.1) is 28.6 Å². The minimum absolute atomic E-state index is 0.0130. The predicted molar refractivity (Wildman–Crippen MR) is 172 cm³/mol. The molecule has 0 spiro atoms. The van der Waals surface area contributed by atoms with E-state index in [0.29, 0.717) is 39.5 Å². The van der Waals surface area contributed by atoms with Crippen LogP contribution in [-0.4, -0.2) is 12.6 Å². The Bertz CT molecular complexity index is 1710. The molecule has 0 aliphatic carbocycles. The van der Waals surface area contributed by atoms with Gasteiger partial charge in [-0.15, -0.1) is 0 Å². The zero-order chi connectivity index (χ0) is 33.6. The number of nitrogens with zero attached hydrogens (tertiary/aromatic N) is 1. The molecule has 46 heavy (non-hydrogen) atoms. The summed E-state index contributed by atoms with van der Waals surface area (Å²) >= 11 is 0. The summed E-state index contributed by atoms with van der Waals surface area (Å²) in [4.78, 5) is 13.0. The number of furan rings is 1. The molecule has 9 heteroatoms. The van der Waals surface area contributed by atoms with Crippen LogP contribution < -0.4 is 10.5 Å². The Hall–Kier alpha value is -4.29. The lowest BCUT2D eigenvalue weighted by Gasteiger charge is -2.41. The van der Waals surface area contributed by atoms with E-state index in [0.717, 1.165) is 24.5 Å². The Balaban J connectivity index is 1.60. The highest BCUT2D eigenvalue weighted by atomic mass is 19.4. The standard InChI is InChI=1S/C37H41F3N2O4/c1-6-36(7-2,23(3)4)24(5)21-45-34(43)18-29-14-26(20-42)11-12-32(29)44-22-27-15-30-17-33(37(38,39)40)46-35(30)31(16-27)28-10-8-9-25(13-28)19-41/h8-17,23-24H,6-7,18-19,21-22,41H2,1-5H3. The summed E-state index contributed by atoms with van der Waals surface area (Å²) in [5.41, 5.74) is 9.35. The number of fused-ring (bicyclic) bond motifs is 1. The zero-order valence-corrected chi connectivity index (χ0v) is 27.0. The first-order valence-corrected chi connectivity index (χ1v) is 15.6. The highest BCUT2D eigenvalue weighted by Gasteiger charge is 2.37. The molecule has 0 amide bonds. The van der Waals surface area contributed by atoms with E-state index in [2.05, 4.69) is 40.7 Å². The molecule has 1 aromatic heterocycles. The number of ether oxygens (including phenoxy) is 2. The number of carbonyl (C=O) groups is 1. The molecule has 4 rings (SSSR count). The van der Waals surface area contributed by atoms with Crippen molar-refractivity contribution in [1.29, 1.82) is 5.26 Å². The van der Waals surface area contributed by atoms with Crippen molar-refractivity contribution in [1.82, 2.24) is 0 Å². The summed E-state index contributed by atoms with van der Waals surface area (Å²) in [5, 5.41) is 9.77. The number of alkyl halides is 3. The average Bonchev–Trinajstić information content (AvgIpc) is 3.48. The average molecular weight is 635 g/mol. The maximum absolute atomic E-state index is 13.6. The van der Waals surface area contributed by atoms with E-state index in [-0.39, 0.29) is 48.5 Å². The highest BCUT2D eigenvalue weighted by molar-refractivity contribution is 5.93. The van der Waals surface area contributed by atoms with E-state index in [4.69, 9.17) is 19.6 Å².